The van der Waals surface area contributed by atoms with Gasteiger partial charge in [0.15, 0.2) is 5.82 Å². The number of hydrogen-bond acceptors (Lipinski definition) is 5. The summed E-state index contributed by atoms with van der Waals surface area (Å²) in [7, 11) is 1.89. The highest BCUT2D eigenvalue weighted by atomic mass is 16.5. The van der Waals surface area contributed by atoms with Gasteiger partial charge in [-0.3, -0.25) is 4.79 Å². The Kier molecular flexibility index (Phi) is 4.98. The zero-order chi connectivity index (χ0) is 16.9. The summed E-state index contributed by atoms with van der Waals surface area (Å²) in [6.07, 6.45) is 6.91. The lowest BCUT2D eigenvalue weighted by atomic mass is 10.0. The fraction of sp³-hybridized carbons (Fsp3) is 0.471. The molecule has 3 rings (SSSR count). The van der Waals surface area contributed by atoms with Crippen LogP contribution in [0.25, 0.3) is 0 Å². The summed E-state index contributed by atoms with van der Waals surface area (Å²) in [6.45, 7) is 3.93. The second kappa shape index (κ2) is 7.33. The molecule has 2 aromatic heterocycles. The molecule has 24 heavy (non-hydrogen) atoms. The van der Waals surface area contributed by atoms with E-state index in [1.807, 2.05) is 41.8 Å². The van der Waals surface area contributed by atoms with E-state index >= 15 is 0 Å². The highest BCUT2D eigenvalue weighted by Gasteiger charge is 2.25. The molecule has 0 unspecified atom stereocenters. The maximum atomic E-state index is 12.5. The summed E-state index contributed by atoms with van der Waals surface area (Å²) in [5, 5.41) is 3.40. The highest BCUT2D eigenvalue weighted by molar-refractivity contribution is 5.92. The monoisotopic (exact) mass is 329 g/mol. The first-order valence-corrected chi connectivity index (χ1v) is 8.30. The Bertz CT molecular complexity index is 692. The third-order valence-electron chi connectivity index (χ3n) is 4.23. The minimum atomic E-state index is 0.0930. The quantitative estimate of drug-likeness (QED) is 0.907. The fourth-order valence-electron chi connectivity index (χ4n) is 2.93. The van der Waals surface area contributed by atoms with Gasteiger partial charge in [0.05, 0.1) is 6.61 Å². The van der Waals surface area contributed by atoms with Crippen LogP contribution in [-0.4, -0.2) is 51.1 Å². The molecule has 0 saturated carbocycles. The van der Waals surface area contributed by atoms with Crippen molar-refractivity contribution in [1.82, 2.24) is 19.4 Å². The van der Waals surface area contributed by atoms with E-state index in [1.54, 1.807) is 12.4 Å². The van der Waals surface area contributed by atoms with Gasteiger partial charge < -0.3 is 19.5 Å². The molecule has 7 heteroatoms. The lowest BCUT2D eigenvalue weighted by molar-refractivity contribution is 0.0708. The van der Waals surface area contributed by atoms with Crippen LogP contribution in [0.5, 0.6) is 5.88 Å². The van der Waals surface area contributed by atoms with Crippen molar-refractivity contribution in [3.63, 3.8) is 0 Å². The molecule has 1 aliphatic rings. The van der Waals surface area contributed by atoms with Gasteiger partial charge in [0.1, 0.15) is 5.69 Å². The minimum Gasteiger partial charge on any atom is -0.475 e. The Balaban J connectivity index is 1.58. The summed E-state index contributed by atoms with van der Waals surface area (Å²) in [5.41, 5.74) is 0.731. The number of anilines is 1. The van der Waals surface area contributed by atoms with Gasteiger partial charge in [0, 0.05) is 44.8 Å². The number of likely N-dealkylation sites (tertiary alicyclic amines) is 1. The van der Waals surface area contributed by atoms with E-state index in [-0.39, 0.29) is 11.9 Å². The molecule has 7 nitrogen and oxygen atoms in total. The van der Waals surface area contributed by atoms with Crippen LogP contribution in [0.1, 0.15) is 30.3 Å². The van der Waals surface area contributed by atoms with E-state index in [0.717, 1.165) is 31.6 Å². The normalized spacial score (nSPS) is 15.3. The number of aryl methyl sites for hydroxylation is 1. The van der Waals surface area contributed by atoms with Gasteiger partial charge in [-0.25, -0.2) is 9.97 Å². The SMILES string of the molecule is CCOc1nccnc1NC1CCN(C(=O)c2cccn2C)CC1. The lowest BCUT2D eigenvalue weighted by Gasteiger charge is -2.32. The average molecular weight is 329 g/mol. The van der Waals surface area contributed by atoms with Gasteiger partial charge in [-0.05, 0) is 31.9 Å². The Morgan fingerprint density at radius 3 is 2.75 bits per heavy atom. The number of piperidine rings is 1. The summed E-state index contributed by atoms with van der Waals surface area (Å²) in [5.74, 6) is 1.30. The van der Waals surface area contributed by atoms with Crippen LogP contribution in [-0.2, 0) is 7.05 Å². The van der Waals surface area contributed by atoms with Gasteiger partial charge in [-0.15, -0.1) is 0 Å². The van der Waals surface area contributed by atoms with Crippen molar-refractivity contribution < 1.29 is 9.53 Å². The van der Waals surface area contributed by atoms with E-state index in [4.69, 9.17) is 4.74 Å². The number of carbonyl (C=O) groups excluding carboxylic acids is 1. The number of ether oxygens (including phenoxy) is 1. The van der Waals surface area contributed by atoms with Crippen molar-refractivity contribution >= 4 is 11.7 Å². The molecule has 0 aromatic carbocycles. The van der Waals surface area contributed by atoms with Crippen LogP contribution in [0.3, 0.4) is 0 Å². The molecular formula is C17H23N5O2. The summed E-state index contributed by atoms with van der Waals surface area (Å²) < 4.78 is 7.36. The second-order valence-electron chi connectivity index (χ2n) is 5.86. The van der Waals surface area contributed by atoms with E-state index in [9.17, 15) is 4.79 Å². The number of aromatic nitrogens is 3. The Morgan fingerprint density at radius 2 is 2.08 bits per heavy atom. The molecule has 0 bridgehead atoms. The molecule has 1 amide bonds. The first-order valence-electron chi connectivity index (χ1n) is 8.30. The van der Waals surface area contributed by atoms with Crippen LogP contribution in [0.15, 0.2) is 30.7 Å². The zero-order valence-electron chi connectivity index (χ0n) is 14.1. The number of nitrogens with one attached hydrogen (secondary N) is 1. The lowest BCUT2D eigenvalue weighted by Crippen LogP contribution is -2.43. The smallest absolute Gasteiger partial charge is 0.270 e. The molecule has 0 atom stereocenters. The summed E-state index contributed by atoms with van der Waals surface area (Å²) in [4.78, 5) is 23.0. The van der Waals surface area contributed by atoms with Crippen LogP contribution >= 0.6 is 0 Å². The average Bonchev–Trinajstić information content (AvgIpc) is 3.03. The molecular weight excluding hydrogens is 306 g/mol. The Morgan fingerprint density at radius 1 is 1.33 bits per heavy atom. The predicted octanol–water partition coefficient (Wildman–Crippen LogP) is 1.93. The third kappa shape index (κ3) is 3.50. The van der Waals surface area contributed by atoms with Gasteiger partial charge in [0.2, 0.25) is 0 Å². The van der Waals surface area contributed by atoms with Crippen LogP contribution in [0.4, 0.5) is 5.82 Å². The van der Waals surface area contributed by atoms with E-state index < -0.39 is 0 Å². The number of carbonyl (C=O) groups is 1. The van der Waals surface area contributed by atoms with Crippen molar-refractivity contribution in [2.75, 3.05) is 25.0 Å². The molecule has 3 heterocycles. The van der Waals surface area contributed by atoms with Crippen LogP contribution < -0.4 is 10.1 Å². The molecule has 0 aliphatic carbocycles. The molecule has 128 valence electrons. The Hall–Kier alpha value is -2.57. The standard InChI is InChI=1S/C17H23N5O2/c1-3-24-16-15(18-8-9-19-16)20-13-6-11-22(12-7-13)17(23)14-5-4-10-21(14)2/h4-5,8-10,13H,3,6-7,11-12H2,1-2H3,(H,18,20). The molecule has 2 aromatic rings. The van der Waals surface area contributed by atoms with Crippen LogP contribution in [0.2, 0.25) is 0 Å². The zero-order valence-corrected chi connectivity index (χ0v) is 14.1. The number of amides is 1. The molecule has 1 fully saturated rings. The fourth-order valence-corrected chi connectivity index (χ4v) is 2.93. The number of rotatable bonds is 5. The molecule has 0 radical (unpaired) electrons. The first-order chi connectivity index (χ1) is 11.7. The van der Waals surface area contributed by atoms with Gasteiger partial charge in [-0.1, -0.05) is 0 Å². The van der Waals surface area contributed by atoms with Gasteiger partial charge >= 0.3 is 0 Å². The third-order valence-corrected chi connectivity index (χ3v) is 4.23. The molecule has 1 aliphatic heterocycles. The first kappa shape index (κ1) is 16.3. The van der Waals surface area contributed by atoms with Gasteiger partial charge in [-0.2, -0.15) is 0 Å². The van der Waals surface area contributed by atoms with Crippen molar-refractivity contribution in [2.24, 2.45) is 7.05 Å². The van der Waals surface area contributed by atoms with Crippen LogP contribution in [0, 0.1) is 0 Å². The van der Waals surface area contributed by atoms with Crippen molar-refractivity contribution in [3.05, 3.63) is 36.4 Å². The van der Waals surface area contributed by atoms with E-state index in [0.29, 0.717) is 18.3 Å². The van der Waals surface area contributed by atoms with Gasteiger partial charge in [0.25, 0.3) is 11.8 Å². The van der Waals surface area contributed by atoms with Crippen molar-refractivity contribution in [3.8, 4) is 5.88 Å². The Labute approximate surface area is 141 Å². The maximum absolute atomic E-state index is 12.5. The maximum Gasteiger partial charge on any atom is 0.270 e. The molecule has 0 spiro atoms. The van der Waals surface area contributed by atoms with E-state index in [1.165, 1.54) is 0 Å². The highest BCUT2D eigenvalue weighted by Crippen LogP contribution is 2.22. The largest absolute Gasteiger partial charge is 0.475 e. The molecule has 1 N–H and O–H groups in total. The van der Waals surface area contributed by atoms with Crippen molar-refractivity contribution in [2.45, 2.75) is 25.8 Å². The van der Waals surface area contributed by atoms with Crippen molar-refractivity contribution in [1.29, 1.82) is 0 Å². The summed E-state index contributed by atoms with van der Waals surface area (Å²) >= 11 is 0. The number of nitrogens with zero attached hydrogens (tertiary/aromatic N) is 4. The number of hydrogen-bond donors (Lipinski definition) is 1. The molecule has 1 saturated heterocycles. The topological polar surface area (TPSA) is 72.3 Å². The second-order valence-corrected chi connectivity index (χ2v) is 5.86. The summed E-state index contributed by atoms with van der Waals surface area (Å²) in [6, 6.07) is 4.02. The predicted molar refractivity (Wildman–Crippen MR) is 91.2 cm³/mol. The van der Waals surface area contributed by atoms with E-state index in [2.05, 4.69) is 15.3 Å². The minimum absolute atomic E-state index is 0.0930.